The van der Waals surface area contributed by atoms with Crippen molar-refractivity contribution in [2.24, 2.45) is 0 Å². The molecule has 2 unspecified atom stereocenters. The molecule has 0 saturated carbocycles. The smallest absolute Gasteiger partial charge is 0.333 e. The van der Waals surface area contributed by atoms with Crippen LogP contribution in [0.1, 0.15) is 58.6 Å². The summed E-state index contributed by atoms with van der Waals surface area (Å²) in [6.07, 6.45) is 0.180. The van der Waals surface area contributed by atoms with E-state index < -0.39 is 48.1 Å². The molecule has 216 valence electrons. The monoisotopic (exact) mass is 580 g/mol. The first-order chi connectivity index (χ1) is 18.4. The molecule has 2 aliphatic heterocycles. The lowest BCUT2D eigenvalue weighted by Crippen LogP contribution is -2.54. The number of hydrogen-bond acceptors (Lipinski definition) is 9. The molecule has 2 fully saturated rings. The van der Waals surface area contributed by atoms with Crippen LogP contribution in [-0.4, -0.2) is 81.3 Å². The third-order valence-corrected chi connectivity index (χ3v) is 9.80. The van der Waals surface area contributed by atoms with Gasteiger partial charge in [0.2, 0.25) is 11.8 Å². The Kier molecular flexibility index (Phi) is 11.1. The van der Waals surface area contributed by atoms with E-state index in [0.717, 1.165) is 18.1 Å². The molecule has 39 heavy (non-hydrogen) atoms. The van der Waals surface area contributed by atoms with Crippen molar-refractivity contribution in [2.75, 3.05) is 24.6 Å². The Hall–Kier alpha value is -2.28. The highest BCUT2D eigenvalue weighted by Crippen LogP contribution is 2.49. The van der Waals surface area contributed by atoms with Gasteiger partial charge in [0.1, 0.15) is 5.60 Å². The van der Waals surface area contributed by atoms with Crippen LogP contribution in [0.4, 0.5) is 0 Å². The van der Waals surface area contributed by atoms with Crippen molar-refractivity contribution in [2.45, 2.75) is 80.9 Å². The first kappa shape index (κ1) is 31.3. The first-order valence-corrected chi connectivity index (χ1v) is 15.2. The summed E-state index contributed by atoms with van der Waals surface area (Å²) in [6.45, 7) is 7.37. The predicted octanol–water partition coefficient (Wildman–Crippen LogP) is 1.49. The Morgan fingerprint density at radius 3 is 2.41 bits per heavy atom. The highest BCUT2D eigenvalue weighted by Gasteiger charge is 2.45. The van der Waals surface area contributed by atoms with Crippen LogP contribution in [0.2, 0.25) is 0 Å². The molecule has 0 bridgehead atoms. The van der Waals surface area contributed by atoms with Gasteiger partial charge < -0.3 is 31.1 Å². The van der Waals surface area contributed by atoms with Gasteiger partial charge in [-0.1, -0.05) is 43.7 Å². The molecule has 1 aromatic rings. The fraction of sp³-hybridized carbons (Fsp3) is 0.630. The van der Waals surface area contributed by atoms with Gasteiger partial charge in [0.25, 0.3) is 5.91 Å². The molecule has 4 atom stereocenters. The van der Waals surface area contributed by atoms with Crippen molar-refractivity contribution >= 4 is 47.2 Å². The van der Waals surface area contributed by atoms with Gasteiger partial charge in [-0.25, -0.2) is 4.79 Å². The van der Waals surface area contributed by atoms with Crippen molar-refractivity contribution in [3.05, 3.63) is 35.9 Å². The molecule has 3 rings (SSSR count). The Morgan fingerprint density at radius 2 is 1.79 bits per heavy atom. The Morgan fingerprint density at radius 1 is 1.13 bits per heavy atom. The first-order valence-electron chi connectivity index (χ1n) is 13.3. The van der Waals surface area contributed by atoms with Gasteiger partial charge in [0.05, 0.1) is 22.7 Å². The number of nitrogens with one attached hydrogen (secondary N) is 4. The summed E-state index contributed by atoms with van der Waals surface area (Å²) in [5.74, 6) is -0.152. The Labute approximate surface area is 238 Å². The maximum Gasteiger partial charge on any atom is 0.333 e. The number of esters is 1. The molecule has 12 heteroatoms. The molecule has 1 aromatic carbocycles. The number of hydrogen-bond donors (Lipinski definition) is 5. The fourth-order valence-electron chi connectivity index (χ4n) is 4.49. The van der Waals surface area contributed by atoms with Crippen LogP contribution in [-0.2, 0) is 23.9 Å². The average Bonchev–Trinajstić information content (AvgIpc) is 3.54. The summed E-state index contributed by atoms with van der Waals surface area (Å²) in [5, 5.41) is 21.9. The largest absolute Gasteiger partial charge is 0.458 e. The van der Waals surface area contributed by atoms with Crippen LogP contribution in [0.25, 0.3) is 0 Å². The number of rotatable bonds is 11. The van der Waals surface area contributed by atoms with Crippen LogP contribution in [0.3, 0.4) is 0 Å². The number of carbonyl (C=O) groups is 4. The topological polar surface area (TPSA) is 146 Å². The van der Waals surface area contributed by atoms with E-state index in [1.165, 1.54) is 0 Å². The van der Waals surface area contributed by atoms with Crippen molar-refractivity contribution < 1.29 is 29.0 Å². The number of ether oxygens (including phenoxy) is 1. The van der Waals surface area contributed by atoms with Gasteiger partial charge in [-0.2, -0.15) is 0 Å². The maximum absolute atomic E-state index is 12.9. The van der Waals surface area contributed by atoms with E-state index in [4.69, 9.17) is 4.74 Å². The van der Waals surface area contributed by atoms with Crippen LogP contribution in [0.15, 0.2) is 30.3 Å². The molecule has 0 aliphatic carbocycles. The minimum atomic E-state index is -1.54. The van der Waals surface area contributed by atoms with Crippen LogP contribution in [0.5, 0.6) is 0 Å². The van der Waals surface area contributed by atoms with E-state index >= 15 is 0 Å². The quantitative estimate of drug-likeness (QED) is 0.246. The Bertz CT molecular complexity index is 1010. The zero-order chi connectivity index (χ0) is 28.6. The van der Waals surface area contributed by atoms with Crippen molar-refractivity contribution in [3.8, 4) is 0 Å². The second-order valence-electron chi connectivity index (χ2n) is 10.8. The lowest BCUT2D eigenvalue weighted by Gasteiger charge is -2.26. The number of thioether (sulfide) groups is 2. The third kappa shape index (κ3) is 9.12. The lowest BCUT2D eigenvalue weighted by atomic mass is 10.0. The molecule has 10 nitrogen and oxygen atoms in total. The van der Waals surface area contributed by atoms with Crippen molar-refractivity contribution in [1.82, 2.24) is 21.3 Å². The molecule has 2 saturated heterocycles. The molecule has 1 spiro atoms. The maximum atomic E-state index is 12.9. The number of aliphatic hydroxyl groups excluding tert-OH is 1. The number of aliphatic hydroxyl groups is 1. The van der Waals surface area contributed by atoms with E-state index in [2.05, 4.69) is 21.3 Å². The molecular weight excluding hydrogens is 540 g/mol. The summed E-state index contributed by atoms with van der Waals surface area (Å²) < 4.78 is 5.47. The van der Waals surface area contributed by atoms with E-state index in [9.17, 15) is 24.3 Å². The summed E-state index contributed by atoms with van der Waals surface area (Å²) in [5.41, 5.74) is -0.219. The highest BCUT2D eigenvalue weighted by atomic mass is 32.2. The SMILES string of the molecule is CCCC(NC(=O)[C@@H]1CC2(CN1)SCCS2)C(O)C(=O)NCC(=O)N[C@H](C(=O)OC(C)(C)C)c1ccccc1. The van der Waals surface area contributed by atoms with Crippen molar-refractivity contribution in [3.63, 3.8) is 0 Å². The summed E-state index contributed by atoms with van der Waals surface area (Å²) in [4.78, 5) is 51.2. The number of amides is 3. The third-order valence-electron chi connectivity index (χ3n) is 6.34. The molecule has 5 N–H and O–H groups in total. The highest BCUT2D eigenvalue weighted by molar-refractivity contribution is 8.21. The second-order valence-corrected chi connectivity index (χ2v) is 14.0. The van der Waals surface area contributed by atoms with E-state index in [1.807, 2.05) is 30.4 Å². The molecule has 3 amide bonds. The average molecular weight is 581 g/mol. The minimum absolute atomic E-state index is 0.0164. The number of benzene rings is 1. The molecule has 2 aliphatic rings. The lowest BCUT2D eigenvalue weighted by molar-refractivity contribution is -0.158. The second kappa shape index (κ2) is 13.9. The van der Waals surface area contributed by atoms with Gasteiger partial charge >= 0.3 is 5.97 Å². The summed E-state index contributed by atoms with van der Waals surface area (Å²) in [6, 6.07) is 6.42. The molecule has 2 heterocycles. The van der Waals surface area contributed by atoms with E-state index in [1.54, 1.807) is 51.1 Å². The van der Waals surface area contributed by atoms with Crippen LogP contribution >= 0.6 is 23.5 Å². The molecule has 0 radical (unpaired) electrons. The van der Waals surface area contributed by atoms with Gasteiger partial charge in [0.15, 0.2) is 12.1 Å². The van der Waals surface area contributed by atoms with Gasteiger partial charge in [-0.3, -0.25) is 14.4 Å². The van der Waals surface area contributed by atoms with Gasteiger partial charge in [0, 0.05) is 18.1 Å². The Balaban J connectivity index is 1.55. The standard InChI is InChI=1S/C27H40N4O6S2/c1-5-9-18(30-23(34)19-14-27(16-29-19)38-12-13-39-27)22(33)24(35)28-15-20(32)31-21(17-10-7-6-8-11-17)25(36)37-26(2,3)4/h6-8,10-11,18-19,21-22,29,33H,5,9,12-16H2,1-4H3,(H,28,35)(H,30,34)(H,31,32)/t18?,19-,21-,22?/m0/s1. The normalized spacial score (nSPS) is 20.6. The van der Waals surface area contributed by atoms with E-state index in [0.29, 0.717) is 24.8 Å². The van der Waals surface area contributed by atoms with E-state index in [-0.39, 0.29) is 16.0 Å². The summed E-state index contributed by atoms with van der Waals surface area (Å²) in [7, 11) is 0. The van der Waals surface area contributed by atoms with Gasteiger partial charge in [-0.05, 0) is 39.2 Å². The fourth-order valence-corrected chi connectivity index (χ4v) is 7.67. The predicted molar refractivity (Wildman–Crippen MR) is 153 cm³/mol. The van der Waals surface area contributed by atoms with Crippen LogP contribution < -0.4 is 21.3 Å². The van der Waals surface area contributed by atoms with Crippen molar-refractivity contribution in [1.29, 1.82) is 0 Å². The molecule has 0 aromatic heterocycles. The minimum Gasteiger partial charge on any atom is -0.458 e. The molecular formula is C27H40N4O6S2. The van der Waals surface area contributed by atoms with Crippen LogP contribution in [0, 0.1) is 0 Å². The van der Waals surface area contributed by atoms with Gasteiger partial charge in [-0.15, -0.1) is 23.5 Å². The zero-order valence-corrected chi connectivity index (χ0v) is 24.6. The zero-order valence-electron chi connectivity index (χ0n) is 23.0. The summed E-state index contributed by atoms with van der Waals surface area (Å²) >= 11 is 3.74. The number of carbonyl (C=O) groups excluding carboxylic acids is 4.